The van der Waals surface area contributed by atoms with E-state index in [0.717, 1.165) is 24.1 Å². The maximum Gasteiger partial charge on any atom is 0.263 e. The van der Waals surface area contributed by atoms with Crippen LogP contribution < -0.4 is 5.32 Å². The molecule has 2 amide bonds. The molecule has 2 rings (SSSR count). The highest BCUT2D eigenvalue weighted by molar-refractivity contribution is 7.12. The Labute approximate surface area is 135 Å². The molecule has 122 valence electrons. The molecule has 1 fully saturated rings. The van der Waals surface area contributed by atoms with E-state index in [1.807, 2.05) is 24.4 Å². The largest absolute Gasteiger partial charge is 0.391 e. The van der Waals surface area contributed by atoms with Gasteiger partial charge in [0.15, 0.2) is 0 Å². The number of rotatable bonds is 6. The summed E-state index contributed by atoms with van der Waals surface area (Å²) in [6.45, 7) is 3.47. The highest BCUT2D eigenvalue weighted by Gasteiger charge is 2.29. The lowest BCUT2D eigenvalue weighted by atomic mass is 9.97. The normalized spacial score (nSPS) is 19.7. The van der Waals surface area contributed by atoms with E-state index in [1.165, 1.54) is 11.3 Å². The van der Waals surface area contributed by atoms with E-state index in [2.05, 4.69) is 5.32 Å². The number of hydrogen-bond acceptors (Lipinski definition) is 4. The van der Waals surface area contributed by atoms with Crippen molar-refractivity contribution in [3.05, 3.63) is 22.4 Å². The molecule has 1 aromatic rings. The molecule has 0 saturated carbocycles. The Morgan fingerprint density at radius 1 is 1.55 bits per heavy atom. The van der Waals surface area contributed by atoms with Crippen LogP contribution in [0.5, 0.6) is 0 Å². The number of aliphatic hydroxyl groups excluding tert-OH is 1. The molecule has 6 heteroatoms. The summed E-state index contributed by atoms with van der Waals surface area (Å²) < 4.78 is 0. The van der Waals surface area contributed by atoms with Gasteiger partial charge in [-0.25, -0.2) is 0 Å². The van der Waals surface area contributed by atoms with Crippen molar-refractivity contribution >= 4 is 23.2 Å². The minimum Gasteiger partial charge on any atom is -0.391 e. The first-order chi connectivity index (χ1) is 10.6. The van der Waals surface area contributed by atoms with Gasteiger partial charge in [-0.15, -0.1) is 11.3 Å². The molecule has 1 aliphatic heterocycles. The van der Waals surface area contributed by atoms with Crippen molar-refractivity contribution in [2.45, 2.75) is 38.7 Å². The Bertz CT molecular complexity index is 490. The van der Waals surface area contributed by atoms with Crippen molar-refractivity contribution in [1.82, 2.24) is 10.2 Å². The van der Waals surface area contributed by atoms with Gasteiger partial charge in [-0.1, -0.05) is 19.4 Å². The number of carbonyl (C=O) groups is 2. The lowest BCUT2D eigenvalue weighted by Crippen LogP contribution is -2.46. The molecule has 0 spiro atoms. The summed E-state index contributed by atoms with van der Waals surface area (Å²) in [5.74, 6) is -0.219. The maximum absolute atomic E-state index is 12.3. The molecule has 0 bridgehead atoms. The Hall–Kier alpha value is -1.40. The minimum atomic E-state index is -0.485. The summed E-state index contributed by atoms with van der Waals surface area (Å²) in [6.07, 6.45) is 2.73. The first kappa shape index (κ1) is 17.0. The average molecular weight is 324 g/mol. The van der Waals surface area contributed by atoms with Crippen molar-refractivity contribution in [2.75, 3.05) is 19.6 Å². The van der Waals surface area contributed by atoms with Crippen molar-refractivity contribution < 1.29 is 14.7 Å². The van der Waals surface area contributed by atoms with Gasteiger partial charge in [-0.05, 0) is 30.7 Å². The standard InChI is InChI=1S/C16H24N2O3S/c1-2-5-13(19)10-17-15(20)12-6-3-8-18(11-12)16(21)14-7-4-9-22-14/h4,7,9,12-13,19H,2-3,5-6,8,10-11H2,1H3,(H,17,20). The van der Waals surface area contributed by atoms with E-state index < -0.39 is 6.10 Å². The summed E-state index contributed by atoms with van der Waals surface area (Å²) in [5.41, 5.74) is 0. The fourth-order valence-electron chi connectivity index (χ4n) is 2.73. The van der Waals surface area contributed by atoms with Crippen LogP contribution >= 0.6 is 11.3 Å². The predicted octanol–water partition coefficient (Wildman–Crippen LogP) is 1.88. The molecule has 1 aliphatic rings. The van der Waals surface area contributed by atoms with Crippen molar-refractivity contribution in [1.29, 1.82) is 0 Å². The van der Waals surface area contributed by atoms with E-state index in [4.69, 9.17) is 0 Å². The van der Waals surface area contributed by atoms with Crippen molar-refractivity contribution in [3.8, 4) is 0 Å². The Morgan fingerprint density at radius 2 is 2.36 bits per heavy atom. The Kier molecular flexibility index (Phi) is 6.39. The van der Waals surface area contributed by atoms with E-state index >= 15 is 0 Å². The second kappa shape index (κ2) is 8.29. The molecule has 2 atom stereocenters. The maximum atomic E-state index is 12.3. The lowest BCUT2D eigenvalue weighted by Gasteiger charge is -2.32. The number of thiophene rings is 1. The molecule has 2 heterocycles. The van der Waals surface area contributed by atoms with Gasteiger partial charge in [0.1, 0.15) is 0 Å². The topological polar surface area (TPSA) is 69.6 Å². The van der Waals surface area contributed by atoms with Gasteiger partial charge < -0.3 is 15.3 Å². The number of piperidine rings is 1. The molecule has 0 aromatic carbocycles. The smallest absolute Gasteiger partial charge is 0.263 e. The van der Waals surface area contributed by atoms with Crippen LogP contribution in [0, 0.1) is 5.92 Å². The van der Waals surface area contributed by atoms with E-state index in [0.29, 0.717) is 26.1 Å². The van der Waals surface area contributed by atoms with Gasteiger partial charge in [-0.2, -0.15) is 0 Å². The number of amides is 2. The number of nitrogens with one attached hydrogen (secondary N) is 1. The van der Waals surface area contributed by atoms with E-state index in [9.17, 15) is 14.7 Å². The summed E-state index contributed by atoms with van der Waals surface area (Å²) >= 11 is 1.43. The third-order valence-corrected chi connectivity index (χ3v) is 4.80. The van der Waals surface area contributed by atoms with Crippen LogP contribution in [0.4, 0.5) is 0 Å². The van der Waals surface area contributed by atoms with Gasteiger partial charge in [0.05, 0.1) is 16.9 Å². The Morgan fingerprint density at radius 3 is 3.05 bits per heavy atom. The van der Waals surface area contributed by atoms with Crippen LogP contribution in [0.25, 0.3) is 0 Å². The third-order valence-electron chi connectivity index (χ3n) is 3.95. The Balaban J connectivity index is 1.85. The second-order valence-electron chi connectivity index (χ2n) is 5.76. The van der Waals surface area contributed by atoms with Crippen LogP contribution in [-0.2, 0) is 4.79 Å². The zero-order valence-electron chi connectivity index (χ0n) is 13.0. The number of aliphatic hydroxyl groups is 1. The predicted molar refractivity (Wildman–Crippen MR) is 86.9 cm³/mol. The fraction of sp³-hybridized carbons (Fsp3) is 0.625. The zero-order valence-corrected chi connectivity index (χ0v) is 13.8. The van der Waals surface area contributed by atoms with Gasteiger partial charge in [0, 0.05) is 19.6 Å². The summed E-state index contributed by atoms with van der Waals surface area (Å²) in [5, 5.41) is 14.4. The molecule has 1 aromatic heterocycles. The SMILES string of the molecule is CCCC(O)CNC(=O)C1CCCN(C(=O)c2cccs2)C1. The first-order valence-electron chi connectivity index (χ1n) is 7.90. The molecular weight excluding hydrogens is 300 g/mol. The van der Waals surface area contributed by atoms with Gasteiger partial charge in [0.2, 0.25) is 5.91 Å². The van der Waals surface area contributed by atoms with Crippen LogP contribution in [0.3, 0.4) is 0 Å². The number of likely N-dealkylation sites (tertiary alicyclic amines) is 1. The highest BCUT2D eigenvalue weighted by atomic mass is 32.1. The fourth-order valence-corrected chi connectivity index (χ4v) is 3.42. The van der Waals surface area contributed by atoms with Crippen LogP contribution in [0.15, 0.2) is 17.5 Å². The molecule has 1 saturated heterocycles. The number of hydrogen-bond donors (Lipinski definition) is 2. The van der Waals surface area contributed by atoms with Crippen molar-refractivity contribution in [3.63, 3.8) is 0 Å². The lowest BCUT2D eigenvalue weighted by molar-refractivity contribution is -0.126. The second-order valence-corrected chi connectivity index (χ2v) is 6.70. The summed E-state index contributed by atoms with van der Waals surface area (Å²) in [7, 11) is 0. The van der Waals surface area contributed by atoms with Gasteiger partial charge >= 0.3 is 0 Å². The van der Waals surface area contributed by atoms with E-state index in [1.54, 1.807) is 4.90 Å². The molecule has 2 N–H and O–H groups in total. The average Bonchev–Trinajstić information content (AvgIpc) is 3.06. The summed E-state index contributed by atoms with van der Waals surface area (Å²) in [6, 6.07) is 3.68. The molecule has 2 unspecified atom stereocenters. The van der Waals surface area contributed by atoms with Gasteiger partial charge in [-0.3, -0.25) is 9.59 Å². The third kappa shape index (κ3) is 4.55. The van der Waals surface area contributed by atoms with Crippen molar-refractivity contribution in [2.24, 2.45) is 5.92 Å². The molecule has 5 nitrogen and oxygen atoms in total. The molecule has 0 aliphatic carbocycles. The zero-order chi connectivity index (χ0) is 15.9. The van der Waals surface area contributed by atoms with Crippen LogP contribution in [0.2, 0.25) is 0 Å². The molecule has 0 radical (unpaired) electrons. The van der Waals surface area contributed by atoms with Crippen LogP contribution in [-0.4, -0.2) is 47.6 Å². The first-order valence-corrected chi connectivity index (χ1v) is 8.78. The summed E-state index contributed by atoms with van der Waals surface area (Å²) in [4.78, 5) is 27.0. The van der Waals surface area contributed by atoms with Gasteiger partial charge in [0.25, 0.3) is 5.91 Å². The molecule has 22 heavy (non-hydrogen) atoms. The quantitative estimate of drug-likeness (QED) is 0.839. The molecular formula is C16H24N2O3S. The van der Waals surface area contributed by atoms with E-state index in [-0.39, 0.29) is 17.7 Å². The monoisotopic (exact) mass is 324 g/mol. The number of nitrogens with zero attached hydrogens (tertiary/aromatic N) is 1. The van der Waals surface area contributed by atoms with Crippen LogP contribution in [0.1, 0.15) is 42.3 Å². The minimum absolute atomic E-state index is 0.0125. The number of carbonyl (C=O) groups excluding carboxylic acids is 2. The highest BCUT2D eigenvalue weighted by Crippen LogP contribution is 2.20.